The molecule has 0 N–H and O–H groups in total. The van der Waals surface area contributed by atoms with Gasteiger partial charge in [0.2, 0.25) is 0 Å². The first-order valence-electron chi connectivity index (χ1n) is 5.69. The second-order valence-corrected chi connectivity index (χ2v) is 4.58. The van der Waals surface area contributed by atoms with Gasteiger partial charge in [0.25, 0.3) is 0 Å². The summed E-state index contributed by atoms with van der Waals surface area (Å²) in [5.74, 6) is 0.0303. The summed E-state index contributed by atoms with van der Waals surface area (Å²) in [6.45, 7) is 4.35. The monoisotopic (exact) mass is 274 g/mol. The second kappa shape index (κ2) is 7.00. The van der Waals surface area contributed by atoms with Crippen molar-refractivity contribution in [2.45, 2.75) is 32.8 Å². The molecule has 0 saturated heterocycles. The molecule has 2 nitrogen and oxygen atoms in total. The number of rotatable bonds is 6. The van der Waals surface area contributed by atoms with Crippen molar-refractivity contribution in [3.05, 3.63) is 33.8 Å². The SMILES string of the molecule is CCCOC(C(=O)CC)c1ccc(Cl)cc1Cl. The van der Waals surface area contributed by atoms with Crippen molar-refractivity contribution in [3.8, 4) is 0 Å². The molecule has 1 rings (SSSR count). The highest BCUT2D eigenvalue weighted by atomic mass is 35.5. The molecule has 1 aromatic carbocycles. The first kappa shape index (κ1) is 14.5. The summed E-state index contributed by atoms with van der Waals surface area (Å²) in [6, 6.07) is 5.09. The van der Waals surface area contributed by atoms with Crippen LogP contribution in [0.15, 0.2) is 18.2 Å². The highest BCUT2D eigenvalue weighted by Gasteiger charge is 2.21. The molecule has 1 aromatic rings. The normalized spacial score (nSPS) is 12.5. The average Bonchev–Trinajstić information content (AvgIpc) is 2.31. The van der Waals surface area contributed by atoms with Crippen molar-refractivity contribution in [3.63, 3.8) is 0 Å². The van der Waals surface area contributed by atoms with Crippen molar-refractivity contribution < 1.29 is 9.53 Å². The van der Waals surface area contributed by atoms with Gasteiger partial charge in [-0.1, -0.05) is 43.1 Å². The third kappa shape index (κ3) is 3.98. The van der Waals surface area contributed by atoms with Crippen LogP contribution in [-0.4, -0.2) is 12.4 Å². The molecule has 0 bridgehead atoms. The van der Waals surface area contributed by atoms with Crippen LogP contribution < -0.4 is 0 Å². The van der Waals surface area contributed by atoms with Crippen LogP contribution in [-0.2, 0) is 9.53 Å². The molecule has 1 unspecified atom stereocenters. The molecule has 0 heterocycles. The van der Waals surface area contributed by atoms with Gasteiger partial charge < -0.3 is 4.74 Å². The maximum Gasteiger partial charge on any atom is 0.165 e. The van der Waals surface area contributed by atoms with Gasteiger partial charge in [-0.15, -0.1) is 0 Å². The lowest BCUT2D eigenvalue weighted by molar-refractivity contribution is -0.130. The van der Waals surface area contributed by atoms with E-state index in [1.807, 2.05) is 13.8 Å². The Morgan fingerprint density at radius 3 is 2.59 bits per heavy atom. The Morgan fingerprint density at radius 2 is 2.06 bits per heavy atom. The molecule has 0 amide bonds. The van der Waals surface area contributed by atoms with Gasteiger partial charge in [-0.3, -0.25) is 4.79 Å². The Balaban J connectivity index is 2.99. The van der Waals surface area contributed by atoms with Gasteiger partial charge in [-0.2, -0.15) is 0 Å². The van der Waals surface area contributed by atoms with Gasteiger partial charge in [0.05, 0.1) is 0 Å². The van der Waals surface area contributed by atoms with E-state index in [0.717, 1.165) is 6.42 Å². The molecular formula is C13H16Cl2O2. The third-order valence-electron chi connectivity index (χ3n) is 2.37. The summed E-state index contributed by atoms with van der Waals surface area (Å²) in [5, 5.41) is 1.03. The predicted octanol–water partition coefficient (Wildman–Crippen LogP) is 4.44. The van der Waals surface area contributed by atoms with Crippen molar-refractivity contribution >= 4 is 29.0 Å². The molecule has 0 spiro atoms. The van der Waals surface area contributed by atoms with E-state index in [1.54, 1.807) is 18.2 Å². The number of ketones is 1. The molecule has 94 valence electrons. The lowest BCUT2D eigenvalue weighted by Gasteiger charge is -2.17. The number of halogens is 2. The van der Waals surface area contributed by atoms with Crippen LogP contribution in [0.5, 0.6) is 0 Å². The minimum absolute atomic E-state index is 0.0303. The summed E-state index contributed by atoms with van der Waals surface area (Å²) >= 11 is 11.9. The zero-order chi connectivity index (χ0) is 12.8. The van der Waals surface area contributed by atoms with E-state index in [9.17, 15) is 4.79 Å². The third-order valence-corrected chi connectivity index (χ3v) is 2.94. The molecule has 4 heteroatoms. The number of carbonyl (C=O) groups is 1. The van der Waals surface area contributed by atoms with Gasteiger partial charge in [-0.25, -0.2) is 0 Å². The zero-order valence-corrected chi connectivity index (χ0v) is 11.5. The van der Waals surface area contributed by atoms with Crippen molar-refractivity contribution in [1.82, 2.24) is 0 Å². The van der Waals surface area contributed by atoms with Crippen LogP contribution in [0.3, 0.4) is 0 Å². The first-order chi connectivity index (χ1) is 8.10. The lowest BCUT2D eigenvalue weighted by Crippen LogP contribution is -2.16. The van der Waals surface area contributed by atoms with Gasteiger partial charge in [0, 0.05) is 28.6 Å². The topological polar surface area (TPSA) is 26.3 Å². The van der Waals surface area contributed by atoms with E-state index in [-0.39, 0.29) is 5.78 Å². The summed E-state index contributed by atoms with van der Waals surface area (Å²) in [4.78, 5) is 11.8. The van der Waals surface area contributed by atoms with Crippen LogP contribution in [0.2, 0.25) is 10.0 Å². The standard InChI is InChI=1S/C13H16Cl2O2/c1-3-7-17-13(12(16)4-2)10-6-5-9(14)8-11(10)15/h5-6,8,13H,3-4,7H2,1-2H3. The van der Waals surface area contributed by atoms with Crippen LogP contribution in [0, 0.1) is 0 Å². The van der Waals surface area contributed by atoms with Gasteiger partial charge in [0.1, 0.15) is 6.10 Å². The smallest absolute Gasteiger partial charge is 0.165 e. The zero-order valence-electron chi connectivity index (χ0n) is 10.0. The summed E-state index contributed by atoms with van der Waals surface area (Å²) in [5.41, 5.74) is 0.691. The molecule has 0 radical (unpaired) electrons. The van der Waals surface area contributed by atoms with Crippen LogP contribution in [0.25, 0.3) is 0 Å². The average molecular weight is 275 g/mol. The maximum atomic E-state index is 11.8. The number of carbonyl (C=O) groups excluding carboxylic acids is 1. The number of hydrogen-bond acceptors (Lipinski definition) is 2. The number of hydrogen-bond donors (Lipinski definition) is 0. The molecule has 1 atom stereocenters. The predicted molar refractivity (Wildman–Crippen MR) is 70.7 cm³/mol. The number of benzene rings is 1. The fourth-order valence-electron chi connectivity index (χ4n) is 1.49. The molecule has 0 aromatic heterocycles. The van der Waals surface area contributed by atoms with E-state index in [2.05, 4.69) is 0 Å². The lowest BCUT2D eigenvalue weighted by atomic mass is 10.0. The van der Waals surface area contributed by atoms with Crippen molar-refractivity contribution in [2.24, 2.45) is 0 Å². The minimum atomic E-state index is -0.579. The van der Waals surface area contributed by atoms with Crippen LogP contribution in [0.1, 0.15) is 38.4 Å². The summed E-state index contributed by atoms with van der Waals surface area (Å²) in [6.07, 6.45) is 0.705. The first-order valence-corrected chi connectivity index (χ1v) is 6.45. The van der Waals surface area contributed by atoms with E-state index >= 15 is 0 Å². The summed E-state index contributed by atoms with van der Waals surface area (Å²) in [7, 11) is 0. The maximum absolute atomic E-state index is 11.8. The summed E-state index contributed by atoms with van der Waals surface area (Å²) < 4.78 is 5.57. The molecular weight excluding hydrogens is 259 g/mol. The molecule has 0 aliphatic carbocycles. The fourth-order valence-corrected chi connectivity index (χ4v) is 2.00. The minimum Gasteiger partial charge on any atom is -0.366 e. The Bertz CT molecular complexity index is 391. The Hall–Kier alpha value is -0.570. The Morgan fingerprint density at radius 1 is 1.35 bits per heavy atom. The quantitative estimate of drug-likeness (QED) is 0.767. The molecule has 0 saturated carbocycles. The highest BCUT2D eigenvalue weighted by Crippen LogP contribution is 2.29. The number of ether oxygens (including phenoxy) is 1. The molecule has 0 aliphatic heterocycles. The van der Waals surface area contributed by atoms with E-state index in [1.165, 1.54) is 0 Å². The molecule has 0 aliphatic rings. The number of Topliss-reactive ketones (excluding diaryl/α,β-unsaturated/α-hetero) is 1. The Kier molecular flexibility index (Phi) is 5.96. The van der Waals surface area contributed by atoms with Crippen LogP contribution >= 0.6 is 23.2 Å². The highest BCUT2D eigenvalue weighted by molar-refractivity contribution is 6.35. The van der Waals surface area contributed by atoms with Gasteiger partial charge >= 0.3 is 0 Å². The fraction of sp³-hybridized carbons (Fsp3) is 0.462. The van der Waals surface area contributed by atoms with Crippen molar-refractivity contribution in [2.75, 3.05) is 6.61 Å². The molecule has 0 fully saturated rings. The van der Waals surface area contributed by atoms with Crippen molar-refractivity contribution in [1.29, 1.82) is 0 Å². The largest absolute Gasteiger partial charge is 0.366 e. The molecule has 17 heavy (non-hydrogen) atoms. The van der Waals surface area contributed by atoms with E-state index in [0.29, 0.717) is 28.6 Å². The Labute approximate surface area is 112 Å². The van der Waals surface area contributed by atoms with Crippen LogP contribution in [0.4, 0.5) is 0 Å². The van der Waals surface area contributed by atoms with E-state index < -0.39 is 6.10 Å². The van der Waals surface area contributed by atoms with Gasteiger partial charge in [-0.05, 0) is 18.6 Å². The second-order valence-electron chi connectivity index (χ2n) is 3.74. The van der Waals surface area contributed by atoms with E-state index in [4.69, 9.17) is 27.9 Å². The van der Waals surface area contributed by atoms with Gasteiger partial charge in [0.15, 0.2) is 5.78 Å².